The molecule has 0 saturated carbocycles. The largest absolute Gasteiger partial charge is 0.148 e. The number of halogens is 1. The van der Waals surface area contributed by atoms with Crippen LogP contribution in [0.25, 0.3) is 0 Å². The molecule has 1 atom stereocenters. The third kappa shape index (κ3) is 1.96. The fraction of sp³-hybridized carbons (Fsp3) is 0.125. The molecule has 1 rings (SSSR count). The predicted octanol–water partition coefficient (Wildman–Crippen LogP) is 3.57. The summed E-state index contributed by atoms with van der Waals surface area (Å²) in [5, 5.41) is 2.07. The maximum absolute atomic E-state index is 3.63. The Hall–Kier alpha value is -0.0800. The Balaban J connectivity index is 2.58. The molecule has 0 aliphatic rings. The van der Waals surface area contributed by atoms with E-state index in [-0.39, 0.29) is 0 Å². The molecule has 1 heterocycles. The van der Waals surface area contributed by atoms with E-state index in [0.29, 0.717) is 4.83 Å². The van der Waals surface area contributed by atoms with Crippen LogP contribution in [0.4, 0.5) is 0 Å². The highest BCUT2D eigenvalue weighted by Crippen LogP contribution is 2.29. The van der Waals surface area contributed by atoms with Crippen molar-refractivity contribution in [3.05, 3.63) is 41.5 Å². The standard InChI is InChI=1S/C8H8BrS/c1-2-4-7(9)8-5-3-6-10-8/h2-7H,1H2. The molecule has 1 aromatic rings. The second kappa shape index (κ2) is 3.94. The van der Waals surface area contributed by atoms with E-state index < -0.39 is 0 Å². The molecule has 1 unspecified atom stereocenters. The van der Waals surface area contributed by atoms with Crippen LogP contribution in [-0.4, -0.2) is 0 Å². The summed E-state index contributed by atoms with van der Waals surface area (Å²) < 4.78 is 0. The Bertz CT molecular complexity index is 191. The molecule has 53 valence electrons. The lowest BCUT2D eigenvalue weighted by Crippen LogP contribution is -1.81. The highest BCUT2D eigenvalue weighted by atomic mass is 79.9. The molecule has 1 radical (unpaired) electrons. The molecule has 0 saturated heterocycles. The van der Waals surface area contributed by atoms with E-state index >= 15 is 0 Å². The maximum Gasteiger partial charge on any atom is 0.0557 e. The van der Waals surface area contributed by atoms with Crippen molar-refractivity contribution in [1.29, 1.82) is 0 Å². The Morgan fingerprint density at radius 3 is 3.00 bits per heavy atom. The molecule has 0 amide bonds. The van der Waals surface area contributed by atoms with Gasteiger partial charge in [0.2, 0.25) is 0 Å². The molecule has 2 heteroatoms. The molecule has 10 heavy (non-hydrogen) atoms. The lowest BCUT2D eigenvalue weighted by molar-refractivity contribution is 1.24. The molecule has 0 N–H and O–H groups in total. The van der Waals surface area contributed by atoms with E-state index in [1.807, 2.05) is 12.5 Å². The summed E-state index contributed by atoms with van der Waals surface area (Å²) in [6.07, 6.45) is 3.82. The van der Waals surface area contributed by atoms with E-state index in [0.717, 1.165) is 0 Å². The van der Waals surface area contributed by atoms with Crippen molar-refractivity contribution in [2.45, 2.75) is 4.83 Å². The van der Waals surface area contributed by atoms with Crippen molar-refractivity contribution in [3.8, 4) is 0 Å². The van der Waals surface area contributed by atoms with Gasteiger partial charge >= 0.3 is 0 Å². The van der Waals surface area contributed by atoms with Crippen LogP contribution in [0.3, 0.4) is 0 Å². The molecule has 0 aliphatic carbocycles. The van der Waals surface area contributed by atoms with E-state index in [2.05, 4.69) is 34.0 Å². The summed E-state index contributed by atoms with van der Waals surface area (Å²) in [4.78, 5) is 1.66. The van der Waals surface area contributed by atoms with Gasteiger partial charge in [0, 0.05) is 11.3 Å². The summed E-state index contributed by atoms with van der Waals surface area (Å²) in [7, 11) is 0. The quantitative estimate of drug-likeness (QED) is 0.677. The number of rotatable bonds is 3. The van der Waals surface area contributed by atoms with Crippen LogP contribution >= 0.6 is 27.3 Å². The van der Waals surface area contributed by atoms with Gasteiger partial charge in [-0.05, 0) is 11.4 Å². The zero-order chi connectivity index (χ0) is 7.40. The third-order valence-electron chi connectivity index (χ3n) is 1.12. The van der Waals surface area contributed by atoms with Crippen molar-refractivity contribution in [1.82, 2.24) is 0 Å². The SMILES string of the molecule is C=C[CH]C(Br)c1cccs1. The minimum Gasteiger partial charge on any atom is -0.148 e. The second-order valence-corrected chi connectivity index (χ2v) is 3.81. The first kappa shape index (κ1) is 8.02. The van der Waals surface area contributed by atoms with Crippen molar-refractivity contribution in [3.63, 3.8) is 0 Å². The van der Waals surface area contributed by atoms with E-state index in [1.54, 1.807) is 17.4 Å². The summed E-state index contributed by atoms with van der Waals surface area (Å²) in [5.74, 6) is 0. The summed E-state index contributed by atoms with van der Waals surface area (Å²) in [6, 6.07) is 4.15. The minimum absolute atomic E-state index is 0.338. The van der Waals surface area contributed by atoms with Crippen LogP contribution in [0.15, 0.2) is 30.2 Å². The Morgan fingerprint density at radius 2 is 2.50 bits per heavy atom. The number of alkyl halides is 1. The van der Waals surface area contributed by atoms with Gasteiger partial charge in [0.05, 0.1) is 4.83 Å². The van der Waals surface area contributed by atoms with Gasteiger partial charge in [0.1, 0.15) is 0 Å². The molecule has 0 nitrogen and oxygen atoms in total. The molecule has 0 spiro atoms. The fourth-order valence-electron chi connectivity index (χ4n) is 0.662. The maximum atomic E-state index is 3.63. The highest BCUT2D eigenvalue weighted by molar-refractivity contribution is 9.09. The zero-order valence-electron chi connectivity index (χ0n) is 5.46. The van der Waals surface area contributed by atoms with Gasteiger partial charge in [-0.25, -0.2) is 0 Å². The Labute approximate surface area is 73.7 Å². The lowest BCUT2D eigenvalue weighted by Gasteiger charge is -2.00. The number of thiophene rings is 1. The first-order valence-electron chi connectivity index (χ1n) is 2.98. The van der Waals surface area contributed by atoms with Crippen molar-refractivity contribution < 1.29 is 0 Å². The average molecular weight is 216 g/mol. The predicted molar refractivity (Wildman–Crippen MR) is 50.5 cm³/mol. The average Bonchev–Trinajstić information content (AvgIpc) is 2.38. The van der Waals surface area contributed by atoms with Gasteiger partial charge in [-0.2, -0.15) is 0 Å². The van der Waals surface area contributed by atoms with Gasteiger partial charge in [-0.1, -0.05) is 28.1 Å². The van der Waals surface area contributed by atoms with Crippen molar-refractivity contribution in [2.24, 2.45) is 0 Å². The highest BCUT2D eigenvalue weighted by Gasteiger charge is 2.04. The molecule has 0 bridgehead atoms. The van der Waals surface area contributed by atoms with Gasteiger partial charge in [0.25, 0.3) is 0 Å². The topological polar surface area (TPSA) is 0 Å². The zero-order valence-corrected chi connectivity index (χ0v) is 7.86. The van der Waals surface area contributed by atoms with Crippen LogP contribution in [0, 0.1) is 6.42 Å². The first-order chi connectivity index (χ1) is 4.84. The van der Waals surface area contributed by atoms with Crippen LogP contribution in [0.2, 0.25) is 0 Å². The monoisotopic (exact) mass is 215 g/mol. The van der Waals surface area contributed by atoms with Crippen LogP contribution in [-0.2, 0) is 0 Å². The van der Waals surface area contributed by atoms with E-state index in [4.69, 9.17) is 0 Å². The van der Waals surface area contributed by atoms with Crippen LogP contribution in [0.5, 0.6) is 0 Å². The summed E-state index contributed by atoms with van der Waals surface area (Å²) >= 11 is 5.25. The molecular weight excluding hydrogens is 208 g/mol. The molecule has 0 aromatic carbocycles. The first-order valence-corrected chi connectivity index (χ1v) is 4.77. The van der Waals surface area contributed by atoms with Gasteiger partial charge in [-0.15, -0.1) is 17.9 Å². The fourth-order valence-corrected chi connectivity index (χ4v) is 2.03. The van der Waals surface area contributed by atoms with Gasteiger partial charge in [0.15, 0.2) is 0 Å². The number of allylic oxidation sites excluding steroid dienone is 1. The van der Waals surface area contributed by atoms with E-state index in [9.17, 15) is 0 Å². The third-order valence-corrected chi connectivity index (χ3v) is 3.18. The summed E-state index contributed by atoms with van der Waals surface area (Å²) in [6.45, 7) is 3.63. The Morgan fingerprint density at radius 1 is 1.70 bits per heavy atom. The minimum atomic E-state index is 0.338. The van der Waals surface area contributed by atoms with E-state index in [1.165, 1.54) is 4.88 Å². The molecular formula is C8H8BrS. The Kier molecular flexibility index (Phi) is 3.16. The number of hydrogen-bond acceptors (Lipinski definition) is 1. The van der Waals surface area contributed by atoms with Gasteiger partial charge in [-0.3, -0.25) is 0 Å². The second-order valence-electron chi connectivity index (χ2n) is 1.85. The van der Waals surface area contributed by atoms with Gasteiger partial charge < -0.3 is 0 Å². The molecule has 1 aromatic heterocycles. The molecule has 0 fully saturated rings. The number of hydrogen-bond donors (Lipinski definition) is 0. The van der Waals surface area contributed by atoms with Crippen molar-refractivity contribution in [2.75, 3.05) is 0 Å². The lowest BCUT2D eigenvalue weighted by atomic mass is 10.3. The summed E-state index contributed by atoms with van der Waals surface area (Å²) in [5.41, 5.74) is 0. The van der Waals surface area contributed by atoms with Crippen molar-refractivity contribution >= 4 is 27.3 Å². The smallest absolute Gasteiger partial charge is 0.0557 e. The normalized spacial score (nSPS) is 12.9. The van der Waals surface area contributed by atoms with Crippen LogP contribution < -0.4 is 0 Å². The van der Waals surface area contributed by atoms with Crippen LogP contribution in [0.1, 0.15) is 9.70 Å². The molecule has 0 aliphatic heterocycles.